The first-order chi connectivity index (χ1) is 10.3. The molecule has 2 heterocycles. The lowest BCUT2D eigenvalue weighted by atomic mass is 10.1. The summed E-state index contributed by atoms with van der Waals surface area (Å²) < 4.78 is 16.0. The van der Waals surface area contributed by atoms with Gasteiger partial charge >= 0.3 is 0 Å². The highest BCUT2D eigenvalue weighted by atomic mass is 19.1. The maximum Gasteiger partial charge on any atom is 0.151 e. The third-order valence-corrected chi connectivity index (χ3v) is 4.14. The molecule has 0 radical (unpaired) electrons. The first kappa shape index (κ1) is 12.5. The highest BCUT2D eigenvalue weighted by Crippen LogP contribution is 2.28. The summed E-state index contributed by atoms with van der Waals surface area (Å²) in [5.41, 5.74) is 5.00. The lowest BCUT2D eigenvalue weighted by molar-refractivity contribution is 0.637. The van der Waals surface area contributed by atoms with Crippen molar-refractivity contribution >= 4 is 11.0 Å². The third kappa shape index (κ3) is 1.87. The van der Waals surface area contributed by atoms with Crippen LogP contribution in [0, 0.1) is 5.82 Å². The minimum absolute atomic E-state index is 0.260. The van der Waals surface area contributed by atoms with Crippen LogP contribution in [0.3, 0.4) is 0 Å². The summed E-state index contributed by atoms with van der Waals surface area (Å²) in [5.74, 6) is 0.580. The molecular formula is C17H16FN3. The second-order valence-corrected chi connectivity index (χ2v) is 5.37. The minimum Gasteiger partial charge on any atom is -0.324 e. The second kappa shape index (κ2) is 4.67. The van der Waals surface area contributed by atoms with E-state index in [4.69, 9.17) is 0 Å². The van der Waals surface area contributed by atoms with Gasteiger partial charge in [0.25, 0.3) is 0 Å². The zero-order valence-corrected chi connectivity index (χ0v) is 11.9. The van der Waals surface area contributed by atoms with Gasteiger partial charge in [0, 0.05) is 25.2 Å². The number of nitrogens with one attached hydrogen (secondary N) is 1. The number of imidazole rings is 1. The number of rotatable bonds is 2. The fourth-order valence-corrected chi connectivity index (χ4v) is 3.09. The molecule has 4 rings (SSSR count). The van der Waals surface area contributed by atoms with Gasteiger partial charge in [0.15, 0.2) is 5.82 Å². The maximum absolute atomic E-state index is 14.0. The summed E-state index contributed by atoms with van der Waals surface area (Å²) in [6, 6.07) is 11.5. The summed E-state index contributed by atoms with van der Waals surface area (Å²) in [6.07, 6.45) is 0. The Morgan fingerprint density at radius 2 is 2.05 bits per heavy atom. The van der Waals surface area contributed by atoms with Crippen LogP contribution in [-0.2, 0) is 19.6 Å². The summed E-state index contributed by atoms with van der Waals surface area (Å²) in [6.45, 7) is 4.65. The number of para-hydroxylation sites is 1. The van der Waals surface area contributed by atoms with E-state index in [-0.39, 0.29) is 5.82 Å². The first-order valence-corrected chi connectivity index (χ1v) is 7.25. The van der Waals surface area contributed by atoms with Crippen molar-refractivity contribution < 1.29 is 4.39 Å². The van der Waals surface area contributed by atoms with Crippen molar-refractivity contribution in [2.45, 2.75) is 26.6 Å². The molecule has 0 unspecified atom stereocenters. The van der Waals surface area contributed by atoms with Crippen LogP contribution in [0.25, 0.3) is 22.4 Å². The summed E-state index contributed by atoms with van der Waals surface area (Å²) in [5, 5.41) is 3.34. The zero-order valence-electron chi connectivity index (χ0n) is 11.9. The van der Waals surface area contributed by atoms with Gasteiger partial charge in [0.1, 0.15) is 11.3 Å². The Balaban J connectivity index is 1.96. The standard InChI is InChI=1S/C17H16FN3/c1-2-21-15-5-3-4-14(18)16(15)20-17(21)11-6-7-12-9-19-10-13(12)8-11/h3-8,19H,2,9-10H2,1H3. The van der Waals surface area contributed by atoms with Crippen molar-refractivity contribution in [3.63, 3.8) is 0 Å². The van der Waals surface area contributed by atoms with E-state index < -0.39 is 0 Å². The van der Waals surface area contributed by atoms with Gasteiger partial charge in [-0.15, -0.1) is 0 Å². The molecule has 2 aromatic carbocycles. The second-order valence-electron chi connectivity index (χ2n) is 5.37. The number of hydrogen-bond donors (Lipinski definition) is 1. The third-order valence-electron chi connectivity index (χ3n) is 4.14. The molecule has 0 saturated heterocycles. The van der Waals surface area contributed by atoms with Crippen molar-refractivity contribution in [3.8, 4) is 11.4 Å². The van der Waals surface area contributed by atoms with Crippen LogP contribution in [0.15, 0.2) is 36.4 Å². The van der Waals surface area contributed by atoms with Crippen molar-refractivity contribution in [1.82, 2.24) is 14.9 Å². The fraction of sp³-hybridized carbons (Fsp3) is 0.235. The molecule has 3 aromatic rings. The van der Waals surface area contributed by atoms with Crippen molar-refractivity contribution in [2.75, 3.05) is 0 Å². The zero-order chi connectivity index (χ0) is 14.4. The van der Waals surface area contributed by atoms with Gasteiger partial charge in [-0.3, -0.25) is 0 Å². The van der Waals surface area contributed by atoms with Crippen molar-refractivity contribution in [3.05, 3.63) is 53.3 Å². The number of hydrogen-bond acceptors (Lipinski definition) is 2. The average Bonchev–Trinajstić information content (AvgIpc) is 3.10. The van der Waals surface area contributed by atoms with E-state index in [0.29, 0.717) is 5.52 Å². The Morgan fingerprint density at radius 3 is 2.90 bits per heavy atom. The largest absolute Gasteiger partial charge is 0.324 e. The number of halogens is 1. The SMILES string of the molecule is CCn1c(-c2ccc3c(c2)CNC3)nc2c(F)cccc21. The van der Waals surface area contributed by atoms with Crippen LogP contribution >= 0.6 is 0 Å². The van der Waals surface area contributed by atoms with Gasteiger partial charge in [-0.25, -0.2) is 9.37 Å². The normalized spacial score (nSPS) is 13.8. The molecule has 106 valence electrons. The molecule has 0 amide bonds. The Kier molecular flexibility index (Phi) is 2.79. The van der Waals surface area contributed by atoms with Gasteiger partial charge < -0.3 is 9.88 Å². The fourth-order valence-electron chi connectivity index (χ4n) is 3.09. The number of nitrogens with zero attached hydrogens (tertiary/aromatic N) is 2. The summed E-state index contributed by atoms with van der Waals surface area (Å²) in [7, 11) is 0. The lowest BCUT2D eigenvalue weighted by Gasteiger charge is -2.07. The summed E-state index contributed by atoms with van der Waals surface area (Å²) in [4.78, 5) is 4.55. The van der Waals surface area contributed by atoms with E-state index >= 15 is 0 Å². The topological polar surface area (TPSA) is 29.9 Å². The van der Waals surface area contributed by atoms with Gasteiger partial charge in [-0.1, -0.05) is 18.2 Å². The first-order valence-electron chi connectivity index (χ1n) is 7.25. The molecule has 0 bridgehead atoms. The van der Waals surface area contributed by atoms with E-state index in [2.05, 4.69) is 40.0 Å². The molecule has 1 N–H and O–H groups in total. The molecule has 3 nitrogen and oxygen atoms in total. The number of fused-ring (bicyclic) bond motifs is 2. The molecule has 1 aliphatic rings. The summed E-state index contributed by atoms with van der Waals surface area (Å²) >= 11 is 0. The van der Waals surface area contributed by atoms with E-state index in [9.17, 15) is 4.39 Å². The number of aryl methyl sites for hydroxylation is 1. The van der Waals surface area contributed by atoms with Gasteiger partial charge in [-0.2, -0.15) is 0 Å². The van der Waals surface area contributed by atoms with Crippen LogP contribution in [0.1, 0.15) is 18.1 Å². The molecule has 1 aromatic heterocycles. The Morgan fingerprint density at radius 1 is 1.19 bits per heavy atom. The maximum atomic E-state index is 14.0. The number of benzene rings is 2. The van der Waals surface area contributed by atoms with Crippen LogP contribution in [0.2, 0.25) is 0 Å². The quantitative estimate of drug-likeness (QED) is 0.779. The van der Waals surface area contributed by atoms with Gasteiger partial charge in [0.2, 0.25) is 0 Å². The van der Waals surface area contributed by atoms with Gasteiger partial charge in [-0.05, 0) is 36.2 Å². The molecule has 1 aliphatic heterocycles. The molecule has 0 aliphatic carbocycles. The minimum atomic E-state index is -0.260. The van der Waals surface area contributed by atoms with Crippen molar-refractivity contribution in [1.29, 1.82) is 0 Å². The van der Waals surface area contributed by atoms with Gasteiger partial charge in [0.05, 0.1) is 5.52 Å². The monoisotopic (exact) mass is 281 g/mol. The molecule has 0 saturated carbocycles. The van der Waals surface area contributed by atoms with Crippen LogP contribution < -0.4 is 5.32 Å². The molecule has 4 heteroatoms. The van der Waals surface area contributed by atoms with Crippen LogP contribution in [0.4, 0.5) is 4.39 Å². The molecule has 21 heavy (non-hydrogen) atoms. The molecule has 0 atom stereocenters. The highest BCUT2D eigenvalue weighted by Gasteiger charge is 2.16. The van der Waals surface area contributed by atoms with E-state index in [1.165, 1.54) is 17.2 Å². The average molecular weight is 281 g/mol. The lowest BCUT2D eigenvalue weighted by Crippen LogP contribution is -2.00. The van der Waals surface area contributed by atoms with Crippen LogP contribution in [-0.4, -0.2) is 9.55 Å². The highest BCUT2D eigenvalue weighted by molar-refractivity contribution is 5.81. The van der Waals surface area contributed by atoms with Crippen LogP contribution in [0.5, 0.6) is 0 Å². The molecule has 0 spiro atoms. The van der Waals surface area contributed by atoms with E-state index in [1.54, 1.807) is 6.07 Å². The Labute approximate surface area is 122 Å². The Hall–Kier alpha value is -2.20. The molecular weight excluding hydrogens is 265 g/mol. The predicted molar refractivity (Wildman–Crippen MR) is 81.3 cm³/mol. The van der Waals surface area contributed by atoms with E-state index in [1.807, 2.05) is 6.07 Å². The molecule has 0 fully saturated rings. The Bertz CT molecular complexity index is 835. The van der Waals surface area contributed by atoms with E-state index in [0.717, 1.165) is 36.5 Å². The number of aromatic nitrogens is 2. The predicted octanol–water partition coefficient (Wildman–Crippen LogP) is 3.47. The van der Waals surface area contributed by atoms with Crippen molar-refractivity contribution in [2.24, 2.45) is 0 Å². The smallest absolute Gasteiger partial charge is 0.151 e.